The molecule has 0 radical (unpaired) electrons. The van der Waals surface area contributed by atoms with Crippen molar-refractivity contribution >= 4 is 23.4 Å². The number of nitrogens with zero attached hydrogens (tertiary/aromatic N) is 2. The van der Waals surface area contributed by atoms with Gasteiger partial charge < -0.3 is 4.74 Å². The Labute approximate surface area is 136 Å². The molecule has 0 atom stereocenters. The van der Waals surface area contributed by atoms with E-state index in [4.69, 9.17) is 16.3 Å². The number of non-ortho nitro benzene ring substituents is 1. The van der Waals surface area contributed by atoms with Crippen LogP contribution in [0.15, 0.2) is 48.7 Å². The average molecular weight is 335 g/mol. The highest BCUT2D eigenvalue weighted by atomic mass is 35.5. The Morgan fingerprint density at radius 3 is 2.57 bits per heavy atom. The van der Waals surface area contributed by atoms with E-state index in [1.54, 1.807) is 24.3 Å². The van der Waals surface area contributed by atoms with Gasteiger partial charge in [0.05, 0.1) is 14.9 Å². The highest BCUT2D eigenvalue weighted by Crippen LogP contribution is 2.27. The van der Waals surface area contributed by atoms with Crippen molar-refractivity contribution in [1.29, 1.82) is 0 Å². The van der Waals surface area contributed by atoms with Gasteiger partial charge >= 0.3 is 0 Å². The van der Waals surface area contributed by atoms with Crippen molar-refractivity contribution in [2.45, 2.75) is 6.61 Å². The third-order valence-electron chi connectivity index (χ3n) is 2.86. The quantitative estimate of drug-likeness (QED) is 0.586. The van der Waals surface area contributed by atoms with Crippen LogP contribution >= 0.6 is 11.6 Å². The lowest BCUT2D eigenvalue weighted by Gasteiger charge is -2.08. The summed E-state index contributed by atoms with van der Waals surface area (Å²) in [6, 6.07) is 10.8. The second kappa shape index (κ2) is 7.37. The van der Waals surface area contributed by atoms with Crippen molar-refractivity contribution in [2.75, 3.05) is 0 Å². The molecular formula is C15H11ClN2O5. The lowest BCUT2D eigenvalue weighted by Crippen LogP contribution is -1.97. The topological polar surface area (TPSA) is 95.5 Å². The third kappa shape index (κ3) is 4.79. The summed E-state index contributed by atoms with van der Waals surface area (Å²) in [6.07, 6.45) is 2.13. The molecule has 23 heavy (non-hydrogen) atoms. The number of halogens is 1. The van der Waals surface area contributed by atoms with Crippen LogP contribution in [0, 0.1) is 20.2 Å². The van der Waals surface area contributed by atoms with Gasteiger partial charge in [0.15, 0.2) is 0 Å². The molecule has 2 rings (SSSR count). The van der Waals surface area contributed by atoms with Crippen LogP contribution < -0.4 is 4.74 Å². The minimum atomic E-state index is -0.569. The zero-order chi connectivity index (χ0) is 16.8. The van der Waals surface area contributed by atoms with Gasteiger partial charge in [0.1, 0.15) is 12.4 Å². The second-order valence-corrected chi connectivity index (χ2v) is 4.91. The first-order valence-corrected chi connectivity index (χ1v) is 6.81. The summed E-state index contributed by atoms with van der Waals surface area (Å²) < 4.78 is 5.53. The highest BCUT2D eigenvalue weighted by molar-refractivity contribution is 6.32. The van der Waals surface area contributed by atoms with E-state index in [0.717, 1.165) is 6.20 Å². The Hall–Kier alpha value is -2.93. The Kier molecular flexibility index (Phi) is 5.27. The Morgan fingerprint density at radius 1 is 1.13 bits per heavy atom. The normalized spacial score (nSPS) is 10.7. The lowest BCUT2D eigenvalue weighted by atomic mass is 10.2. The van der Waals surface area contributed by atoms with Crippen molar-refractivity contribution in [3.63, 3.8) is 0 Å². The first-order valence-electron chi connectivity index (χ1n) is 6.43. The SMILES string of the molecule is O=[N+]([O-])C=Cc1ccc(OCc2cccc([N+](=O)[O-])c2)c(Cl)c1. The Morgan fingerprint density at radius 2 is 1.91 bits per heavy atom. The van der Waals surface area contributed by atoms with E-state index in [9.17, 15) is 20.2 Å². The molecule has 0 aliphatic rings. The smallest absolute Gasteiger partial charge is 0.269 e. The van der Waals surface area contributed by atoms with E-state index in [1.165, 1.54) is 24.3 Å². The number of hydrogen-bond acceptors (Lipinski definition) is 5. The van der Waals surface area contributed by atoms with Gasteiger partial charge in [0.25, 0.3) is 5.69 Å². The molecule has 0 unspecified atom stereocenters. The van der Waals surface area contributed by atoms with Crippen LogP contribution in [0.3, 0.4) is 0 Å². The standard InChI is InChI=1S/C15H11ClN2O5/c16-14-9-11(6-7-17(19)20)4-5-15(14)23-10-12-2-1-3-13(8-12)18(21)22/h1-9H,10H2. The zero-order valence-corrected chi connectivity index (χ0v) is 12.5. The van der Waals surface area contributed by atoms with Gasteiger partial charge in [0.2, 0.25) is 6.20 Å². The molecule has 0 aliphatic heterocycles. The lowest BCUT2D eigenvalue weighted by molar-refractivity contribution is -0.400. The summed E-state index contributed by atoms with van der Waals surface area (Å²) in [7, 11) is 0. The summed E-state index contributed by atoms with van der Waals surface area (Å²) in [5.41, 5.74) is 1.18. The number of hydrogen-bond donors (Lipinski definition) is 0. The van der Waals surface area contributed by atoms with Crippen molar-refractivity contribution in [3.05, 3.63) is 85.0 Å². The molecule has 0 aliphatic carbocycles. The predicted octanol–water partition coefficient (Wildman–Crippen LogP) is 4.07. The zero-order valence-electron chi connectivity index (χ0n) is 11.7. The maximum atomic E-state index is 10.7. The van der Waals surface area contributed by atoms with Crippen LogP contribution in [0.2, 0.25) is 5.02 Å². The fourth-order valence-corrected chi connectivity index (χ4v) is 2.05. The van der Waals surface area contributed by atoms with E-state index in [-0.39, 0.29) is 12.3 Å². The summed E-state index contributed by atoms with van der Waals surface area (Å²) in [5, 5.41) is 21.3. The van der Waals surface area contributed by atoms with Crippen molar-refractivity contribution in [1.82, 2.24) is 0 Å². The molecular weight excluding hydrogens is 324 g/mol. The molecule has 0 amide bonds. The summed E-state index contributed by atoms with van der Waals surface area (Å²) in [6.45, 7) is 0.117. The van der Waals surface area contributed by atoms with Gasteiger partial charge in [-0.2, -0.15) is 0 Å². The molecule has 0 heterocycles. The minimum absolute atomic E-state index is 0.0162. The van der Waals surface area contributed by atoms with Crippen LogP contribution in [0.1, 0.15) is 11.1 Å². The van der Waals surface area contributed by atoms with Gasteiger partial charge in [-0.1, -0.05) is 29.8 Å². The second-order valence-electron chi connectivity index (χ2n) is 4.51. The van der Waals surface area contributed by atoms with Crippen LogP contribution in [0.5, 0.6) is 5.75 Å². The highest BCUT2D eigenvalue weighted by Gasteiger charge is 2.07. The van der Waals surface area contributed by atoms with E-state index in [2.05, 4.69) is 0 Å². The predicted molar refractivity (Wildman–Crippen MR) is 84.9 cm³/mol. The van der Waals surface area contributed by atoms with Gasteiger partial charge in [-0.25, -0.2) is 0 Å². The summed E-state index contributed by atoms with van der Waals surface area (Å²) in [4.78, 5) is 19.9. The molecule has 0 fully saturated rings. The largest absolute Gasteiger partial charge is 0.487 e. The number of rotatable bonds is 6. The van der Waals surface area contributed by atoms with Gasteiger partial charge in [-0.15, -0.1) is 0 Å². The average Bonchev–Trinajstić information content (AvgIpc) is 2.52. The van der Waals surface area contributed by atoms with Crippen molar-refractivity contribution in [2.24, 2.45) is 0 Å². The number of ether oxygens (including phenoxy) is 1. The third-order valence-corrected chi connectivity index (χ3v) is 3.16. The molecule has 2 aromatic rings. The number of benzene rings is 2. The van der Waals surface area contributed by atoms with E-state index < -0.39 is 9.85 Å². The molecule has 8 heteroatoms. The van der Waals surface area contributed by atoms with Crippen LogP contribution in [-0.2, 0) is 6.61 Å². The molecule has 0 saturated heterocycles. The van der Waals surface area contributed by atoms with Crippen molar-refractivity contribution < 1.29 is 14.6 Å². The molecule has 0 bridgehead atoms. The van der Waals surface area contributed by atoms with E-state index in [1.807, 2.05) is 0 Å². The van der Waals surface area contributed by atoms with E-state index in [0.29, 0.717) is 21.9 Å². The maximum absolute atomic E-state index is 10.7. The van der Waals surface area contributed by atoms with Crippen molar-refractivity contribution in [3.8, 4) is 5.75 Å². The van der Waals surface area contributed by atoms with E-state index >= 15 is 0 Å². The van der Waals surface area contributed by atoms with Gasteiger partial charge in [0, 0.05) is 18.2 Å². The number of nitro benzene ring substituents is 1. The maximum Gasteiger partial charge on any atom is 0.269 e. The van der Waals surface area contributed by atoms with Crippen LogP contribution in [-0.4, -0.2) is 9.85 Å². The van der Waals surface area contributed by atoms with Gasteiger partial charge in [-0.05, 0) is 23.3 Å². The fourth-order valence-electron chi connectivity index (χ4n) is 1.81. The Bertz CT molecular complexity index is 776. The Balaban J connectivity index is 2.07. The first-order chi connectivity index (χ1) is 11.0. The van der Waals surface area contributed by atoms with Crippen LogP contribution in [0.25, 0.3) is 6.08 Å². The monoisotopic (exact) mass is 334 g/mol. The summed E-state index contributed by atoms with van der Waals surface area (Å²) >= 11 is 6.06. The molecule has 0 aromatic heterocycles. The molecule has 0 saturated carbocycles. The molecule has 2 aromatic carbocycles. The molecule has 118 valence electrons. The minimum Gasteiger partial charge on any atom is -0.487 e. The molecule has 7 nitrogen and oxygen atoms in total. The first kappa shape index (κ1) is 16.4. The van der Waals surface area contributed by atoms with Crippen LogP contribution in [0.4, 0.5) is 5.69 Å². The molecule has 0 spiro atoms. The molecule has 0 N–H and O–H groups in total. The fraction of sp³-hybridized carbons (Fsp3) is 0.0667. The summed E-state index contributed by atoms with van der Waals surface area (Å²) in [5.74, 6) is 0.386. The van der Waals surface area contributed by atoms with Gasteiger partial charge in [-0.3, -0.25) is 20.2 Å². The number of nitro groups is 2.